The minimum absolute atomic E-state index is 0.150. The van der Waals surface area contributed by atoms with Gasteiger partial charge in [0.15, 0.2) is 0 Å². The van der Waals surface area contributed by atoms with Crippen LogP contribution in [0.25, 0.3) is 10.9 Å². The molecule has 0 radical (unpaired) electrons. The standard InChI is InChI=1S/C28H28FN3O3S/c1-2-20-3-10-24(11-4-20)36(34,35)27-18-30-26-12-5-21(19-33)17-25(26)28(27)32-15-13-31(14-16-32)23-8-6-22(29)7-9-23/h3-12,17-18,33H,2,13-16,19H2,1H3. The second-order valence-electron chi connectivity index (χ2n) is 8.93. The zero-order valence-corrected chi connectivity index (χ0v) is 20.9. The Kier molecular flexibility index (Phi) is 6.64. The van der Waals surface area contributed by atoms with Crippen LogP contribution in [-0.4, -0.2) is 44.7 Å². The maximum absolute atomic E-state index is 13.9. The number of aromatic nitrogens is 1. The van der Waals surface area contributed by atoms with Gasteiger partial charge in [0.05, 0.1) is 22.7 Å². The van der Waals surface area contributed by atoms with Crippen molar-refractivity contribution < 1.29 is 17.9 Å². The number of hydrogen-bond donors (Lipinski definition) is 1. The van der Waals surface area contributed by atoms with Crippen molar-refractivity contribution in [2.75, 3.05) is 36.0 Å². The highest BCUT2D eigenvalue weighted by molar-refractivity contribution is 7.91. The van der Waals surface area contributed by atoms with Gasteiger partial charge in [-0.2, -0.15) is 0 Å². The molecule has 0 aliphatic carbocycles. The fraction of sp³-hybridized carbons (Fsp3) is 0.250. The van der Waals surface area contributed by atoms with E-state index in [1.807, 2.05) is 31.2 Å². The quantitative estimate of drug-likeness (QED) is 0.413. The molecule has 1 aliphatic heterocycles. The van der Waals surface area contributed by atoms with Crippen LogP contribution in [-0.2, 0) is 22.9 Å². The fourth-order valence-electron chi connectivity index (χ4n) is 4.70. The molecule has 0 atom stereocenters. The Hall–Kier alpha value is -3.49. The van der Waals surface area contributed by atoms with Crippen molar-refractivity contribution in [2.24, 2.45) is 0 Å². The third kappa shape index (κ3) is 4.54. The molecular formula is C28H28FN3O3S. The van der Waals surface area contributed by atoms with Gasteiger partial charge in [0.1, 0.15) is 10.7 Å². The summed E-state index contributed by atoms with van der Waals surface area (Å²) in [7, 11) is -3.85. The Bertz CT molecular complexity index is 1480. The molecular weight excluding hydrogens is 477 g/mol. The number of fused-ring (bicyclic) bond motifs is 1. The van der Waals surface area contributed by atoms with Gasteiger partial charge < -0.3 is 14.9 Å². The zero-order chi connectivity index (χ0) is 25.3. The monoisotopic (exact) mass is 505 g/mol. The van der Waals surface area contributed by atoms with Gasteiger partial charge >= 0.3 is 0 Å². The van der Waals surface area contributed by atoms with Crippen molar-refractivity contribution in [3.8, 4) is 0 Å². The highest BCUT2D eigenvalue weighted by atomic mass is 32.2. The summed E-state index contributed by atoms with van der Waals surface area (Å²) in [6.45, 7) is 4.34. The number of nitrogens with zero attached hydrogens (tertiary/aromatic N) is 3. The molecule has 1 N–H and O–H groups in total. The van der Waals surface area contributed by atoms with E-state index < -0.39 is 9.84 Å². The Morgan fingerprint density at radius 3 is 2.17 bits per heavy atom. The summed E-state index contributed by atoms with van der Waals surface area (Å²) in [6, 6.07) is 18.8. The van der Waals surface area contributed by atoms with Crippen molar-refractivity contribution in [3.05, 3.63) is 89.9 Å². The summed E-state index contributed by atoms with van der Waals surface area (Å²) < 4.78 is 41.1. The molecule has 0 bridgehead atoms. The van der Waals surface area contributed by atoms with E-state index in [-0.39, 0.29) is 22.2 Å². The molecule has 1 fully saturated rings. The molecule has 36 heavy (non-hydrogen) atoms. The van der Waals surface area contributed by atoms with Crippen molar-refractivity contribution in [3.63, 3.8) is 0 Å². The molecule has 0 spiro atoms. The highest BCUT2D eigenvalue weighted by Gasteiger charge is 2.29. The number of hydrogen-bond acceptors (Lipinski definition) is 6. The maximum atomic E-state index is 13.9. The summed E-state index contributed by atoms with van der Waals surface area (Å²) in [5.74, 6) is -0.276. The van der Waals surface area contributed by atoms with Gasteiger partial charge in [-0.25, -0.2) is 12.8 Å². The second-order valence-corrected chi connectivity index (χ2v) is 10.9. The molecule has 8 heteroatoms. The van der Waals surface area contributed by atoms with Gasteiger partial charge in [0, 0.05) is 43.4 Å². The van der Waals surface area contributed by atoms with Gasteiger partial charge in [-0.05, 0) is 66.1 Å². The second kappa shape index (κ2) is 9.87. The Morgan fingerprint density at radius 1 is 0.889 bits per heavy atom. The van der Waals surface area contributed by atoms with Crippen LogP contribution in [0, 0.1) is 5.82 Å². The first-order chi connectivity index (χ1) is 17.4. The Morgan fingerprint density at radius 2 is 1.53 bits per heavy atom. The predicted molar refractivity (Wildman–Crippen MR) is 140 cm³/mol. The third-order valence-corrected chi connectivity index (χ3v) is 8.54. The molecule has 186 valence electrons. The third-order valence-electron chi connectivity index (χ3n) is 6.77. The number of pyridine rings is 1. The van der Waals surface area contributed by atoms with Gasteiger partial charge in [0.25, 0.3) is 0 Å². The number of piperazine rings is 1. The van der Waals surface area contributed by atoms with E-state index in [9.17, 15) is 17.9 Å². The number of aryl methyl sites for hydroxylation is 1. The van der Waals surface area contributed by atoms with E-state index in [0.717, 1.165) is 17.7 Å². The lowest BCUT2D eigenvalue weighted by molar-refractivity contribution is 0.282. The lowest BCUT2D eigenvalue weighted by Gasteiger charge is -2.38. The number of sulfone groups is 1. The largest absolute Gasteiger partial charge is 0.392 e. The van der Waals surface area contributed by atoms with Crippen LogP contribution < -0.4 is 9.80 Å². The molecule has 3 aromatic carbocycles. The van der Waals surface area contributed by atoms with E-state index in [2.05, 4.69) is 14.8 Å². The van der Waals surface area contributed by atoms with E-state index in [4.69, 9.17) is 0 Å². The predicted octanol–water partition coefficient (Wildman–Crippen LogP) is 4.59. The van der Waals surface area contributed by atoms with Crippen LogP contribution in [0.4, 0.5) is 15.8 Å². The van der Waals surface area contributed by atoms with Gasteiger partial charge in [0.2, 0.25) is 9.84 Å². The normalized spacial score (nSPS) is 14.4. The minimum Gasteiger partial charge on any atom is -0.392 e. The van der Waals surface area contributed by atoms with Crippen LogP contribution in [0.2, 0.25) is 0 Å². The first-order valence-corrected chi connectivity index (χ1v) is 13.5. The molecule has 1 aliphatic rings. The summed E-state index contributed by atoms with van der Waals surface area (Å²) in [5, 5.41) is 10.4. The first-order valence-electron chi connectivity index (χ1n) is 12.0. The number of aliphatic hydroxyl groups excluding tert-OH is 1. The maximum Gasteiger partial charge on any atom is 0.210 e. The number of halogens is 1. The molecule has 1 saturated heterocycles. The average molecular weight is 506 g/mol. The van der Waals surface area contributed by atoms with Crippen molar-refractivity contribution in [2.45, 2.75) is 29.7 Å². The molecule has 1 aromatic heterocycles. The lowest BCUT2D eigenvalue weighted by Crippen LogP contribution is -2.47. The number of anilines is 2. The SMILES string of the molecule is CCc1ccc(S(=O)(=O)c2cnc3ccc(CO)cc3c2N2CCN(c3ccc(F)cc3)CC2)cc1. The number of aliphatic hydroxyl groups is 1. The molecule has 6 nitrogen and oxygen atoms in total. The molecule has 0 saturated carbocycles. The van der Waals surface area contributed by atoms with E-state index in [1.54, 1.807) is 30.3 Å². The number of benzene rings is 3. The van der Waals surface area contributed by atoms with E-state index in [0.29, 0.717) is 48.3 Å². The summed E-state index contributed by atoms with van der Waals surface area (Å²) in [6.07, 6.45) is 2.27. The molecule has 4 aromatic rings. The summed E-state index contributed by atoms with van der Waals surface area (Å²) in [4.78, 5) is 9.10. The Balaban J connectivity index is 1.58. The minimum atomic E-state index is -3.85. The van der Waals surface area contributed by atoms with Crippen molar-refractivity contribution in [1.29, 1.82) is 0 Å². The summed E-state index contributed by atoms with van der Waals surface area (Å²) >= 11 is 0. The highest BCUT2D eigenvalue weighted by Crippen LogP contribution is 2.37. The van der Waals surface area contributed by atoms with Crippen LogP contribution in [0.3, 0.4) is 0 Å². The van der Waals surface area contributed by atoms with Gasteiger partial charge in [-0.15, -0.1) is 0 Å². The van der Waals surface area contributed by atoms with Gasteiger partial charge in [-0.3, -0.25) is 4.98 Å². The smallest absolute Gasteiger partial charge is 0.210 e. The number of rotatable bonds is 6. The fourth-order valence-corrected chi connectivity index (χ4v) is 6.13. The van der Waals surface area contributed by atoms with Crippen LogP contribution in [0.15, 0.2) is 82.7 Å². The van der Waals surface area contributed by atoms with Crippen molar-refractivity contribution in [1.82, 2.24) is 4.98 Å². The van der Waals surface area contributed by atoms with Crippen molar-refractivity contribution >= 4 is 32.1 Å². The van der Waals surface area contributed by atoms with Crippen LogP contribution in [0.5, 0.6) is 0 Å². The zero-order valence-electron chi connectivity index (χ0n) is 20.1. The summed E-state index contributed by atoms with van der Waals surface area (Å²) in [5.41, 5.74) is 3.96. The van der Waals surface area contributed by atoms with Crippen LogP contribution >= 0.6 is 0 Å². The molecule has 0 unspecified atom stereocenters. The van der Waals surface area contributed by atoms with E-state index in [1.165, 1.54) is 18.3 Å². The molecule has 2 heterocycles. The first kappa shape index (κ1) is 24.2. The van der Waals surface area contributed by atoms with E-state index >= 15 is 0 Å². The van der Waals surface area contributed by atoms with Crippen LogP contribution in [0.1, 0.15) is 18.1 Å². The van der Waals surface area contributed by atoms with Gasteiger partial charge in [-0.1, -0.05) is 25.1 Å². The average Bonchev–Trinajstić information content (AvgIpc) is 2.92. The lowest BCUT2D eigenvalue weighted by atomic mass is 10.1. The Labute approximate surface area is 210 Å². The molecule has 0 amide bonds. The molecule has 5 rings (SSSR count). The topological polar surface area (TPSA) is 73.7 Å².